The monoisotopic (exact) mass is 260 g/mol. The van der Waals surface area contributed by atoms with Gasteiger partial charge in [-0.2, -0.15) is 0 Å². The number of benzene rings is 1. The van der Waals surface area contributed by atoms with Crippen LogP contribution in [0.3, 0.4) is 0 Å². The van der Waals surface area contributed by atoms with Crippen molar-refractivity contribution in [2.75, 3.05) is 0 Å². The largest absolute Gasteiger partial charge is 0.481 e. The predicted octanol–water partition coefficient (Wildman–Crippen LogP) is 3.08. The molecule has 0 aromatic heterocycles. The minimum absolute atomic E-state index is 0.221. The van der Waals surface area contributed by atoms with Crippen LogP contribution in [0.15, 0.2) is 16.6 Å². The van der Waals surface area contributed by atoms with E-state index in [1.165, 1.54) is 13.0 Å². The van der Waals surface area contributed by atoms with Gasteiger partial charge in [0.25, 0.3) is 0 Å². The average molecular weight is 261 g/mol. The van der Waals surface area contributed by atoms with Crippen molar-refractivity contribution in [1.29, 1.82) is 0 Å². The van der Waals surface area contributed by atoms with Crippen LogP contribution in [0.5, 0.6) is 0 Å². The molecule has 0 heterocycles. The van der Waals surface area contributed by atoms with Gasteiger partial charge in [-0.25, -0.2) is 4.39 Å². The number of halogens is 2. The maximum atomic E-state index is 13.3. The van der Waals surface area contributed by atoms with Gasteiger partial charge in [0.15, 0.2) is 0 Å². The van der Waals surface area contributed by atoms with Gasteiger partial charge in [-0.3, -0.25) is 4.79 Å². The highest BCUT2D eigenvalue weighted by molar-refractivity contribution is 9.10. The molecule has 2 nitrogen and oxygen atoms in total. The smallest absolute Gasteiger partial charge is 0.310 e. The molecule has 0 amide bonds. The van der Waals surface area contributed by atoms with E-state index in [1.807, 2.05) is 0 Å². The van der Waals surface area contributed by atoms with Crippen molar-refractivity contribution in [1.82, 2.24) is 0 Å². The molecule has 0 spiro atoms. The Morgan fingerprint density at radius 2 is 2.14 bits per heavy atom. The third kappa shape index (κ3) is 2.12. The van der Waals surface area contributed by atoms with Gasteiger partial charge in [-0.05, 0) is 25.5 Å². The highest BCUT2D eigenvalue weighted by atomic mass is 79.9. The molecule has 0 radical (unpaired) electrons. The maximum Gasteiger partial charge on any atom is 0.310 e. The molecule has 1 rings (SSSR count). The molecule has 1 aromatic carbocycles. The summed E-state index contributed by atoms with van der Waals surface area (Å²) in [6.45, 7) is 3.26. The van der Waals surface area contributed by atoms with Crippen LogP contribution in [-0.4, -0.2) is 11.1 Å². The summed E-state index contributed by atoms with van der Waals surface area (Å²) >= 11 is 3.18. The lowest BCUT2D eigenvalue weighted by atomic mass is 9.99. The average Bonchev–Trinajstić information content (AvgIpc) is 2.10. The molecule has 14 heavy (non-hydrogen) atoms. The second-order valence-electron chi connectivity index (χ2n) is 3.18. The second kappa shape index (κ2) is 4.09. The van der Waals surface area contributed by atoms with Crippen LogP contribution in [0.2, 0.25) is 0 Å². The van der Waals surface area contributed by atoms with Crippen molar-refractivity contribution >= 4 is 21.9 Å². The van der Waals surface area contributed by atoms with E-state index in [1.54, 1.807) is 13.0 Å². The summed E-state index contributed by atoms with van der Waals surface area (Å²) in [5.41, 5.74) is 1.05. The Bertz CT molecular complexity index is 377. The summed E-state index contributed by atoms with van der Waals surface area (Å²) < 4.78 is 14.0. The van der Waals surface area contributed by atoms with Crippen LogP contribution in [0.25, 0.3) is 0 Å². The van der Waals surface area contributed by atoms with E-state index in [9.17, 15) is 9.18 Å². The number of rotatable bonds is 2. The first-order chi connectivity index (χ1) is 6.43. The standard InChI is InChI=1S/C10H10BrFO2/c1-5-3-7(6(2)10(13)14)9(12)4-8(5)11/h3-4,6H,1-2H3,(H,13,14). The zero-order chi connectivity index (χ0) is 10.9. The molecule has 0 fully saturated rings. The van der Waals surface area contributed by atoms with Crippen molar-refractivity contribution in [3.8, 4) is 0 Å². The Morgan fingerprint density at radius 3 is 2.64 bits per heavy atom. The van der Waals surface area contributed by atoms with Crippen molar-refractivity contribution in [2.24, 2.45) is 0 Å². The Labute approximate surface area is 89.9 Å². The number of aliphatic carboxylic acids is 1. The quantitative estimate of drug-likeness (QED) is 0.888. The lowest BCUT2D eigenvalue weighted by Crippen LogP contribution is -2.09. The first-order valence-electron chi connectivity index (χ1n) is 4.12. The van der Waals surface area contributed by atoms with E-state index in [0.29, 0.717) is 4.47 Å². The normalized spacial score (nSPS) is 12.6. The van der Waals surface area contributed by atoms with E-state index >= 15 is 0 Å². The lowest BCUT2D eigenvalue weighted by molar-refractivity contribution is -0.138. The van der Waals surface area contributed by atoms with Crippen LogP contribution in [0, 0.1) is 12.7 Å². The minimum Gasteiger partial charge on any atom is -0.481 e. The fraction of sp³-hybridized carbons (Fsp3) is 0.300. The molecular weight excluding hydrogens is 251 g/mol. The topological polar surface area (TPSA) is 37.3 Å². The van der Waals surface area contributed by atoms with Crippen LogP contribution < -0.4 is 0 Å². The molecule has 0 bridgehead atoms. The Morgan fingerprint density at radius 1 is 1.57 bits per heavy atom. The third-order valence-electron chi connectivity index (χ3n) is 2.11. The van der Waals surface area contributed by atoms with Gasteiger partial charge in [-0.15, -0.1) is 0 Å². The van der Waals surface area contributed by atoms with Crippen LogP contribution in [-0.2, 0) is 4.79 Å². The van der Waals surface area contributed by atoms with Gasteiger partial charge in [0.2, 0.25) is 0 Å². The summed E-state index contributed by atoms with van der Waals surface area (Å²) in [5, 5.41) is 8.74. The van der Waals surface area contributed by atoms with Gasteiger partial charge >= 0.3 is 5.97 Å². The molecule has 76 valence electrons. The minimum atomic E-state index is -1.02. The lowest BCUT2D eigenvalue weighted by Gasteiger charge is -2.09. The fourth-order valence-electron chi connectivity index (χ4n) is 1.14. The van der Waals surface area contributed by atoms with Crippen molar-refractivity contribution in [3.63, 3.8) is 0 Å². The van der Waals surface area contributed by atoms with E-state index < -0.39 is 17.7 Å². The summed E-state index contributed by atoms with van der Waals surface area (Å²) in [6.07, 6.45) is 0. The molecule has 4 heteroatoms. The highest BCUT2D eigenvalue weighted by Crippen LogP contribution is 2.25. The number of hydrogen-bond donors (Lipinski definition) is 1. The van der Waals surface area contributed by atoms with Gasteiger partial charge in [-0.1, -0.05) is 22.0 Å². The van der Waals surface area contributed by atoms with Gasteiger partial charge in [0.05, 0.1) is 5.92 Å². The van der Waals surface area contributed by atoms with Crippen LogP contribution in [0.4, 0.5) is 4.39 Å². The third-order valence-corrected chi connectivity index (χ3v) is 2.97. The fourth-order valence-corrected chi connectivity index (χ4v) is 1.46. The summed E-state index contributed by atoms with van der Waals surface area (Å²) in [6, 6.07) is 2.85. The van der Waals surface area contributed by atoms with E-state index in [4.69, 9.17) is 5.11 Å². The van der Waals surface area contributed by atoms with Crippen molar-refractivity contribution < 1.29 is 14.3 Å². The highest BCUT2D eigenvalue weighted by Gasteiger charge is 2.18. The van der Waals surface area contributed by atoms with Gasteiger partial charge < -0.3 is 5.11 Å². The molecule has 1 atom stereocenters. The number of hydrogen-bond acceptors (Lipinski definition) is 1. The van der Waals surface area contributed by atoms with Gasteiger partial charge in [0, 0.05) is 10.0 Å². The first-order valence-corrected chi connectivity index (χ1v) is 4.91. The predicted molar refractivity (Wildman–Crippen MR) is 54.9 cm³/mol. The van der Waals surface area contributed by atoms with Crippen molar-refractivity contribution in [3.05, 3.63) is 33.5 Å². The summed E-state index contributed by atoms with van der Waals surface area (Å²) in [5.74, 6) is -2.33. The molecule has 1 N–H and O–H groups in total. The van der Waals surface area contributed by atoms with Gasteiger partial charge in [0.1, 0.15) is 5.82 Å². The first kappa shape index (κ1) is 11.2. The summed E-state index contributed by atoms with van der Waals surface area (Å²) in [4.78, 5) is 10.7. The van der Waals surface area contributed by atoms with Crippen molar-refractivity contribution in [2.45, 2.75) is 19.8 Å². The maximum absolute atomic E-state index is 13.3. The molecule has 1 aromatic rings. The van der Waals surface area contributed by atoms with E-state index in [2.05, 4.69) is 15.9 Å². The Kier molecular flexibility index (Phi) is 3.26. The Hall–Kier alpha value is -0.900. The zero-order valence-corrected chi connectivity index (χ0v) is 9.43. The number of carbonyl (C=O) groups is 1. The number of carboxylic acid groups (broad SMARTS) is 1. The SMILES string of the molecule is Cc1cc(C(C)C(=O)O)c(F)cc1Br. The number of carboxylic acids is 1. The van der Waals surface area contributed by atoms with Crippen LogP contribution >= 0.6 is 15.9 Å². The van der Waals surface area contributed by atoms with E-state index in [-0.39, 0.29) is 5.56 Å². The molecule has 0 aliphatic carbocycles. The molecule has 0 saturated heterocycles. The van der Waals surface area contributed by atoms with E-state index in [0.717, 1.165) is 5.56 Å². The molecular formula is C10H10BrFO2. The Balaban J connectivity index is 3.22. The zero-order valence-electron chi connectivity index (χ0n) is 7.84. The molecule has 1 unspecified atom stereocenters. The molecule has 0 saturated carbocycles. The number of aryl methyl sites for hydroxylation is 1. The van der Waals surface area contributed by atoms with Crippen LogP contribution in [0.1, 0.15) is 24.0 Å². The molecule has 0 aliphatic rings. The second-order valence-corrected chi connectivity index (χ2v) is 4.04. The molecule has 0 aliphatic heterocycles. The summed E-state index contributed by atoms with van der Waals surface area (Å²) in [7, 11) is 0.